The summed E-state index contributed by atoms with van der Waals surface area (Å²) in [6.45, 7) is 0. The minimum absolute atomic E-state index is 0.00626. The van der Waals surface area contributed by atoms with Gasteiger partial charge in [-0.15, -0.1) is 0 Å². The van der Waals surface area contributed by atoms with E-state index in [1.807, 2.05) is 0 Å². The molecule has 0 amide bonds. The van der Waals surface area contributed by atoms with Crippen LogP contribution in [0.1, 0.15) is 19.3 Å². The first-order valence-corrected chi connectivity index (χ1v) is 14.2. The van der Waals surface area contributed by atoms with Crippen LogP contribution in [0, 0.1) is 34.5 Å². The van der Waals surface area contributed by atoms with Crippen molar-refractivity contribution in [2.45, 2.75) is 39.6 Å². The van der Waals surface area contributed by atoms with Crippen molar-refractivity contribution in [1.29, 1.82) is 0 Å². The van der Waals surface area contributed by atoms with Crippen LogP contribution in [0.15, 0.2) is 82.6 Å². The van der Waals surface area contributed by atoms with Gasteiger partial charge in [-0.1, -0.05) is 48.6 Å². The van der Waals surface area contributed by atoms with Crippen molar-refractivity contribution >= 4 is 19.7 Å². The van der Waals surface area contributed by atoms with Crippen molar-refractivity contribution in [2.75, 3.05) is 0 Å². The van der Waals surface area contributed by atoms with E-state index in [0.717, 1.165) is 19.3 Å². The van der Waals surface area contributed by atoms with Crippen molar-refractivity contribution in [3.63, 3.8) is 0 Å². The molecule has 4 saturated carbocycles. The Bertz CT molecular complexity index is 1230. The highest BCUT2D eigenvalue weighted by Gasteiger charge is 2.91. The molecule has 8 atom stereocenters. The fourth-order valence-corrected chi connectivity index (χ4v) is 13.9. The molecule has 7 rings (SSSR count). The summed E-state index contributed by atoms with van der Waals surface area (Å²) in [4.78, 5) is 0.504. The fraction of sp³-hybridized carbons (Fsp3) is 0.440. The second kappa shape index (κ2) is 5.52. The molecule has 160 valence electrons. The van der Waals surface area contributed by atoms with Crippen LogP contribution in [0.2, 0.25) is 0 Å². The maximum Gasteiger partial charge on any atom is 0.182 e. The number of fused-ring (bicyclic) bond motifs is 4. The zero-order valence-electron chi connectivity index (χ0n) is 17.0. The zero-order chi connectivity index (χ0) is 21.2. The quantitative estimate of drug-likeness (QED) is 0.660. The van der Waals surface area contributed by atoms with E-state index in [4.69, 9.17) is 0 Å². The highest BCUT2D eigenvalue weighted by Crippen LogP contribution is 2.93. The number of benzene rings is 2. The summed E-state index contributed by atoms with van der Waals surface area (Å²) in [5, 5.41) is -1.73. The summed E-state index contributed by atoms with van der Waals surface area (Å²) in [5.74, 6) is 0.681. The number of rotatable bonds is 4. The molecule has 4 bridgehead atoms. The molecule has 0 heterocycles. The first-order chi connectivity index (χ1) is 14.8. The van der Waals surface area contributed by atoms with Gasteiger partial charge in [0, 0.05) is 0 Å². The number of hydrogen-bond donors (Lipinski definition) is 0. The predicted molar refractivity (Wildman–Crippen MR) is 117 cm³/mol. The van der Waals surface area contributed by atoms with Gasteiger partial charge in [0.15, 0.2) is 19.7 Å². The largest absolute Gasteiger partial charge is 0.223 e. The molecule has 0 radical (unpaired) electrons. The van der Waals surface area contributed by atoms with Gasteiger partial charge >= 0.3 is 0 Å². The van der Waals surface area contributed by atoms with Gasteiger partial charge in [0.1, 0.15) is 0 Å². The molecule has 2 aromatic carbocycles. The van der Waals surface area contributed by atoms with Crippen molar-refractivity contribution in [2.24, 2.45) is 34.5 Å². The van der Waals surface area contributed by atoms with Gasteiger partial charge in [-0.3, -0.25) is 0 Å². The van der Waals surface area contributed by atoms with Crippen LogP contribution in [0.3, 0.4) is 0 Å². The molecule has 6 heteroatoms. The molecule has 5 aliphatic carbocycles. The van der Waals surface area contributed by atoms with Gasteiger partial charge in [-0.05, 0) is 78.0 Å². The van der Waals surface area contributed by atoms with E-state index in [2.05, 4.69) is 12.2 Å². The topological polar surface area (TPSA) is 68.3 Å². The molecule has 0 spiro atoms. The maximum absolute atomic E-state index is 14.0. The lowest BCUT2D eigenvalue weighted by molar-refractivity contribution is 0.209. The van der Waals surface area contributed by atoms with Crippen molar-refractivity contribution in [3.05, 3.63) is 72.8 Å². The normalized spacial score (nSPS) is 43.7. The standard InChI is InChI=1S/C25H24O4S2/c26-30(27,18-7-3-1-4-8-18)22-20-14-21(23(22)31(28,29)19-9-5-2-6-10-19)25-15-24(20,25)16-11-12-17(25)13-16/h1-12,16-17,20-23H,13-15H2/t16-,17-,20-,21+,22-,23+,24+,25+/m0/s1. The number of sulfone groups is 2. The number of allylic oxidation sites excluding steroid dienone is 2. The van der Waals surface area contributed by atoms with Crippen molar-refractivity contribution < 1.29 is 16.8 Å². The molecular formula is C25H24O4S2. The minimum atomic E-state index is -3.78. The summed E-state index contributed by atoms with van der Waals surface area (Å²) >= 11 is 0. The minimum Gasteiger partial charge on any atom is -0.223 e. The molecule has 2 aromatic rings. The van der Waals surface area contributed by atoms with E-state index in [0.29, 0.717) is 11.8 Å². The van der Waals surface area contributed by atoms with Gasteiger partial charge in [0.2, 0.25) is 0 Å². The van der Waals surface area contributed by atoms with Crippen LogP contribution in [-0.4, -0.2) is 27.3 Å². The Labute approximate surface area is 183 Å². The molecule has 5 aliphatic rings. The van der Waals surface area contributed by atoms with Crippen LogP contribution in [0.4, 0.5) is 0 Å². The predicted octanol–water partition coefficient (Wildman–Crippen LogP) is 3.90. The lowest BCUT2D eigenvalue weighted by atomic mass is 9.73. The summed E-state index contributed by atoms with van der Waals surface area (Å²) in [6, 6.07) is 17.0. The first kappa shape index (κ1) is 18.6. The van der Waals surface area contributed by atoms with Crippen LogP contribution in [0.25, 0.3) is 0 Å². The van der Waals surface area contributed by atoms with Crippen LogP contribution in [0.5, 0.6) is 0 Å². The second-order valence-electron chi connectivity index (χ2n) is 10.2. The molecular weight excluding hydrogens is 428 g/mol. The van der Waals surface area contributed by atoms with E-state index in [1.54, 1.807) is 60.7 Å². The maximum atomic E-state index is 14.0. The first-order valence-electron chi connectivity index (χ1n) is 11.1. The van der Waals surface area contributed by atoms with E-state index in [1.165, 1.54) is 0 Å². The Kier molecular flexibility index (Phi) is 3.32. The third-order valence-corrected chi connectivity index (χ3v) is 14.2. The lowest BCUT2D eigenvalue weighted by Crippen LogP contribution is -2.50. The molecule has 0 aromatic heterocycles. The Hall–Kier alpha value is -1.92. The number of hydrogen-bond acceptors (Lipinski definition) is 4. The van der Waals surface area contributed by atoms with Crippen molar-refractivity contribution in [1.82, 2.24) is 0 Å². The molecule has 0 saturated heterocycles. The molecule has 4 nitrogen and oxygen atoms in total. The summed E-state index contributed by atoms with van der Waals surface area (Å²) in [5.41, 5.74) is 0.0125. The second-order valence-corrected chi connectivity index (χ2v) is 14.4. The SMILES string of the molecule is O=S(=O)(c1ccccc1)[C@@H]1[C@H](S(=O)(=O)c2ccccc2)[C@H]2C[C@@H]1[C@]13C[C@@]21[C@H]1C=C[C@H]3C1. The summed E-state index contributed by atoms with van der Waals surface area (Å²) in [7, 11) is -7.57. The summed E-state index contributed by atoms with van der Waals surface area (Å²) < 4.78 is 55.9. The lowest BCUT2D eigenvalue weighted by Gasteiger charge is -2.40. The van der Waals surface area contributed by atoms with Crippen LogP contribution in [-0.2, 0) is 19.7 Å². The molecule has 0 unspecified atom stereocenters. The molecule has 31 heavy (non-hydrogen) atoms. The Morgan fingerprint density at radius 1 is 0.613 bits per heavy atom. The highest BCUT2D eigenvalue weighted by molar-refractivity contribution is 7.96. The van der Waals surface area contributed by atoms with E-state index < -0.39 is 30.2 Å². The Balaban J connectivity index is 1.44. The van der Waals surface area contributed by atoms with E-state index in [-0.39, 0.29) is 32.5 Å². The van der Waals surface area contributed by atoms with Gasteiger partial charge in [-0.25, -0.2) is 16.8 Å². The molecule has 0 N–H and O–H groups in total. The monoisotopic (exact) mass is 452 g/mol. The van der Waals surface area contributed by atoms with Gasteiger partial charge < -0.3 is 0 Å². The van der Waals surface area contributed by atoms with Gasteiger partial charge in [0.25, 0.3) is 0 Å². The Morgan fingerprint density at radius 2 is 1.03 bits per heavy atom. The average molecular weight is 453 g/mol. The van der Waals surface area contributed by atoms with Crippen LogP contribution >= 0.6 is 0 Å². The van der Waals surface area contributed by atoms with E-state index >= 15 is 0 Å². The molecule has 4 fully saturated rings. The fourth-order valence-electron chi connectivity index (χ4n) is 8.68. The summed E-state index contributed by atoms with van der Waals surface area (Å²) in [6.07, 6.45) is 7.39. The third-order valence-electron chi connectivity index (χ3n) is 9.54. The van der Waals surface area contributed by atoms with Crippen LogP contribution < -0.4 is 0 Å². The van der Waals surface area contributed by atoms with Crippen molar-refractivity contribution in [3.8, 4) is 0 Å². The van der Waals surface area contributed by atoms with E-state index in [9.17, 15) is 16.8 Å². The average Bonchev–Trinajstić information content (AvgIpc) is 3.16. The zero-order valence-corrected chi connectivity index (χ0v) is 18.6. The smallest absolute Gasteiger partial charge is 0.182 e. The Morgan fingerprint density at radius 3 is 1.45 bits per heavy atom. The van der Waals surface area contributed by atoms with Gasteiger partial charge in [-0.2, -0.15) is 0 Å². The highest BCUT2D eigenvalue weighted by atomic mass is 32.2. The van der Waals surface area contributed by atoms with Gasteiger partial charge in [0.05, 0.1) is 20.3 Å². The molecule has 0 aliphatic heterocycles. The third kappa shape index (κ3) is 1.91.